The van der Waals surface area contributed by atoms with E-state index in [0.29, 0.717) is 12.2 Å². The van der Waals surface area contributed by atoms with Crippen LogP contribution in [0.4, 0.5) is 13.2 Å². The molecule has 0 saturated heterocycles. The third-order valence-electron chi connectivity index (χ3n) is 3.01. The molecule has 0 aliphatic carbocycles. The molecule has 102 valence electrons. The highest BCUT2D eigenvalue weighted by molar-refractivity contribution is 5.26. The minimum absolute atomic E-state index is 0.154. The van der Waals surface area contributed by atoms with Gasteiger partial charge in [-0.15, -0.1) is 0 Å². The van der Waals surface area contributed by atoms with Crippen LogP contribution in [0.1, 0.15) is 30.5 Å². The van der Waals surface area contributed by atoms with E-state index in [2.05, 4.69) is 0 Å². The normalized spacial score (nSPS) is 15.4. The van der Waals surface area contributed by atoms with Crippen molar-refractivity contribution in [3.05, 3.63) is 35.4 Å². The van der Waals surface area contributed by atoms with E-state index in [1.165, 1.54) is 12.1 Å². The van der Waals surface area contributed by atoms with Crippen LogP contribution in [0.2, 0.25) is 0 Å². The van der Waals surface area contributed by atoms with E-state index in [9.17, 15) is 13.2 Å². The highest BCUT2D eigenvalue weighted by Crippen LogP contribution is 2.30. The van der Waals surface area contributed by atoms with Gasteiger partial charge in [-0.05, 0) is 30.0 Å². The summed E-state index contributed by atoms with van der Waals surface area (Å²) in [7, 11) is 1.61. The lowest BCUT2D eigenvalue weighted by Gasteiger charge is -2.20. The summed E-state index contributed by atoms with van der Waals surface area (Å²) in [6.07, 6.45) is -3.52. The molecule has 0 amide bonds. The maximum Gasteiger partial charge on any atom is 0.416 e. The van der Waals surface area contributed by atoms with Crippen LogP contribution >= 0.6 is 0 Å². The van der Waals surface area contributed by atoms with Gasteiger partial charge in [-0.2, -0.15) is 13.2 Å². The van der Waals surface area contributed by atoms with Crippen LogP contribution in [0.5, 0.6) is 0 Å². The van der Waals surface area contributed by atoms with Gasteiger partial charge in [0, 0.05) is 19.8 Å². The summed E-state index contributed by atoms with van der Waals surface area (Å²) in [4.78, 5) is 0. The van der Waals surface area contributed by atoms with Crippen LogP contribution in [0.25, 0.3) is 0 Å². The molecular weight excluding hydrogens is 243 g/mol. The Bertz CT molecular complexity index is 361. The summed E-state index contributed by atoms with van der Waals surface area (Å²) >= 11 is 0. The summed E-state index contributed by atoms with van der Waals surface area (Å²) in [5.74, 6) is 0.154. The summed E-state index contributed by atoms with van der Waals surface area (Å²) < 4.78 is 42.2. The molecule has 18 heavy (non-hydrogen) atoms. The van der Waals surface area contributed by atoms with Crippen molar-refractivity contribution in [3.8, 4) is 0 Å². The lowest BCUT2D eigenvalue weighted by molar-refractivity contribution is -0.137. The van der Waals surface area contributed by atoms with E-state index in [-0.39, 0.29) is 12.0 Å². The Balaban J connectivity index is 2.72. The van der Waals surface area contributed by atoms with Crippen molar-refractivity contribution >= 4 is 0 Å². The van der Waals surface area contributed by atoms with Crippen LogP contribution < -0.4 is 5.73 Å². The van der Waals surface area contributed by atoms with E-state index < -0.39 is 11.7 Å². The number of ether oxygens (including phenoxy) is 1. The SMILES string of the molecule is COCCC(C)C(N)c1ccc(C(F)(F)F)cc1. The van der Waals surface area contributed by atoms with Crippen LogP contribution in [0.15, 0.2) is 24.3 Å². The Morgan fingerprint density at radius 1 is 1.22 bits per heavy atom. The van der Waals surface area contributed by atoms with Crippen molar-refractivity contribution in [1.29, 1.82) is 0 Å². The molecule has 0 saturated carbocycles. The van der Waals surface area contributed by atoms with Crippen molar-refractivity contribution in [1.82, 2.24) is 0 Å². The molecule has 0 aromatic heterocycles. The molecule has 0 bridgehead atoms. The molecule has 2 atom stereocenters. The van der Waals surface area contributed by atoms with E-state index in [4.69, 9.17) is 10.5 Å². The number of alkyl halides is 3. The first-order valence-electron chi connectivity index (χ1n) is 5.78. The van der Waals surface area contributed by atoms with Crippen LogP contribution in [0, 0.1) is 5.92 Å². The van der Waals surface area contributed by atoms with Crippen molar-refractivity contribution < 1.29 is 17.9 Å². The van der Waals surface area contributed by atoms with Gasteiger partial charge < -0.3 is 10.5 Å². The van der Waals surface area contributed by atoms with Gasteiger partial charge in [-0.3, -0.25) is 0 Å². The Morgan fingerprint density at radius 2 is 1.78 bits per heavy atom. The minimum atomic E-state index is -4.30. The van der Waals surface area contributed by atoms with Gasteiger partial charge in [-0.1, -0.05) is 19.1 Å². The second-order valence-electron chi connectivity index (χ2n) is 4.40. The topological polar surface area (TPSA) is 35.2 Å². The average molecular weight is 261 g/mol. The smallest absolute Gasteiger partial charge is 0.385 e. The molecule has 0 heterocycles. The van der Waals surface area contributed by atoms with Gasteiger partial charge in [0.1, 0.15) is 0 Å². The van der Waals surface area contributed by atoms with Gasteiger partial charge in [0.25, 0.3) is 0 Å². The van der Waals surface area contributed by atoms with Gasteiger partial charge in [0.2, 0.25) is 0 Å². The maximum absolute atomic E-state index is 12.4. The molecule has 1 aromatic carbocycles. The average Bonchev–Trinajstić information content (AvgIpc) is 2.34. The molecular formula is C13H18F3NO. The van der Waals surface area contributed by atoms with Crippen LogP contribution in [0.3, 0.4) is 0 Å². The molecule has 0 radical (unpaired) electrons. The lowest BCUT2D eigenvalue weighted by atomic mass is 9.92. The third kappa shape index (κ3) is 3.99. The number of benzene rings is 1. The van der Waals surface area contributed by atoms with E-state index in [1.54, 1.807) is 7.11 Å². The molecule has 0 aliphatic heterocycles. The fourth-order valence-corrected chi connectivity index (χ4v) is 1.71. The molecule has 2 N–H and O–H groups in total. The molecule has 1 aromatic rings. The van der Waals surface area contributed by atoms with Crippen molar-refractivity contribution in [2.45, 2.75) is 25.6 Å². The minimum Gasteiger partial charge on any atom is -0.385 e. The summed E-state index contributed by atoms with van der Waals surface area (Å²) in [5, 5.41) is 0. The highest BCUT2D eigenvalue weighted by atomic mass is 19.4. The molecule has 0 fully saturated rings. The van der Waals surface area contributed by atoms with Crippen LogP contribution in [-0.4, -0.2) is 13.7 Å². The maximum atomic E-state index is 12.4. The first kappa shape index (κ1) is 15.0. The quantitative estimate of drug-likeness (QED) is 0.881. The van der Waals surface area contributed by atoms with Gasteiger partial charge in [-0.25, -0.2) is 0 Å². The summed E-state index contributed by atoms with van der Waals surface area (Å²) in [6, 6.07) is 4.74. The zero-order chi connectivity index (χ0) is 13.8. The molecule has 2 unspecified atom stereocenters. The predicted molar refractivity (Wildman–Crippen MR) is 64.0 cm³/mol. The zero-order valence-electron chi connectivity index (χ0n) is 10.5. The van der Waals surface area contributed by atoms with E-state index in [0.717, 1.165) is 18.6 Å². The first-order chi connectivity index (χ1) is 8.36. The van der Waals surface area contributed by atoms with E-state index >= 15 is 0 Å². The largest absolute Gasteiger partial charge is 0.416 e. The lowest BCUT2D eigenvalue weighted by Crippen LogP contribution is -2.20. The van der Waals surface area contributed by atoms with Crippen molar-refractivity contribution in [2.24, 2.45) is 11.7 Å². The summed E-state index contributed by atoms with van der Waals surface area (Å²) in [5.41, 5.74) is 6.07. The molecule has 1 rings (SSSR count). The van der Waals surface area contributed by atoms with E-state index in [1.807, 2.05) is 6.92 Å². The molecule has 2 nitrogen and oxygen atoms in total. The summed E-state index contributed by atoms with van der Waals surface area (Å²) in [6.45, 7) is 2.55. The second-order valence-corrected chi connectivity index (χ2v) is 4.40. The standard InChI is InChI=1S/C13H18F3NO/c1-9(7-8-18-2)12(17)10-3-5-11(6-4-10)13(14,15)16/h3-6,9,12H,7-8,17H2,1-2H3. The number of methoxy groups -OCH3 is 1. The number of nitrogens with two attached hydrogens (primary N) is 1. The number of hydrogen-bond donors (Lipinski definition) is 1. The Hall–Kier alpha value is -1.07. The van der Waals surface area contributed by atoms with Gasteiger partial charge in [0.05, 0.1) is 5.56 Å². The Morgan fingerprint density at radius 3 is 2.22 bits per heavy atom. The third-order valence-corrected chi connectivity index (χ3v) is 3.01. The number of rotatable bonds is 5. The molecule has 5 heteroatoms. The molecule has 0 aliphatic rings. The van der Waals surface area contributed by atoms with Crippen molar-refractivity contribution in [3.63, 3.8) is 0 Å². The second kappa shape index (κ2) is 6.20. The number of halogens is 3. The van der Waals surface area contributed by atoms with Gasteiger partial charge in [0.15, 0.2) is 0 Å². The monoisotopic (exact) mass is 261 g/mol. The predicted octanol–water partition coefficient (Wildman–Crippen LogP) is 3.38. The fourth-order valence-electron chi connectivity index (χ4n) is 1.71. The number of hydrogen-bond acceptors (Lipinski definition) is 2. The highest BCUT2D eigenvalue weighted by Gasteiger charge is 2.30. The Labute approximate surface area is 105 Å². The molecule has 0 spiro atoms. The first-order valence-corrected chi connectivity index (χ1v) is 5.78. The van der Waals surface area contributed by atoms with Gasteiger partial charge >= 0.3 is 6.18 Å². The van der Waals surface area contributed by atoms with Crippen molar-refractivity contribution in [2.75, 3.05) is 13.7 Å². The zero-order valence-corrected chi connectivity index (χ0v) is 10.5. The fraction of sp³-hybridized carbons (Fsp3) is 0.538. The van der Waals surface area contributed by atoms with Crippen LogP contribution in [-0.2, 0) is 10.9 Å². The Kier molecular flexibility index (Phi) is 5.16.